The zero-order chi connectivity index (χ0) is 32.9. The van der Waals surface area contributed by atoms with Crippen LogP contribution in [0, 0.1) is 6.92 Å². The number of para-hydroxylation sites is 3. The lowest BCUT2D eigenvalue weighted by molar-refractivity contribution is 0.660. The molecule has 2 heterocycles. The normalized spacial score (nSPS) is 15.4. The van der Waals surface area contributed by atoms with E-state index in [1.165, 1.54) is 88.1 Å². The van der Waals surface area contributed by atoms with Gasteiger partial charge >= 0.3 is 0 Å². The van der Waals surface area contributed by atoms with Gasteiger partial charge in [0, 0.05) is 20.9 Å². The summed E-state index contributed by atoms with van der Waals surface area (Å²) in [5.74, 6) is 0. The topological polar surface area (TPSA) is 3.24 Å². The van der Waals surface area contributed by atoms with E-state index in [9.17, 15) is 0 Å². The van der Waals surface area contributed by atoms with Gasteiger partial charge in [0.1, 0.15) is 0 Å². The lowest BCUT2D eigenvalue weighted by atomic mass is 9.62. The van der Waals surface area contributed by atoms with Crippen molar-refractivity contribution < 1.29 is 0 Å². The van der Waals surface area contributed by atoms with Gasteiger partial charge in [0.05, 0.1) is 16.8 Å². The van der Waals surface area contributed by atoms with Gasteiger partial charge in [0.25, 0.3) is 0 Å². The minimum atomic E-state index is -0.494. The van der Waals surface area contributed by atoms with Crippen LogP contribution in [0.5, 0.6) is 0 Å². The number of rotatable bonds is 2. The first-order chi connectivity index (χ1) is 24.0. The maximum Gasteiger partial charge on any atom is 0.0764 e. The Bertz CT molecular complexity index is 2440. The Labute approximate surface area is 292 Å². The molecule has 2 aliphatic heterocycles. The second kappa shape index (κ2) is 10.3. The largest absolute Gasteiger partial charge is 0.310 e. The lowest BCUT2D eigenvalue weighted by Gasteiger charge is -2.49. The second-order valence-corrected chi connectivity index (χ2v) is 15.2. The van der Waals surface area contributed by atoms with Gasteiger partial charge in [-0.3, -0.25) is 0 Å². The first-order valence-corrected chi connectivity index (χ1v) is 18.0. The van der Waals surface area contributed by atoms with E-state index in [2.05, 4.69) is 183 Å². The van der Waals surface area contributed by atoms with E-state index in [0.29, 0.717) is 0 Å². The average Bonchev–Trinajstić information content (AvgIpc) is 3.37. The first-order valence-electron chi connectivity index (χ1n) is 17.2. The molecule has 0 aromatic heterocycles. The molecule has 0 N–H and O–H groups in total. The summed E-state index contributed by atoms with van der Waals surface area (Å²) in [6.45, 7) is 6.95. The molecule has 1 aliphatic carbocycles. The molecule has 0 saturated heterocycles. The van der Waals surface area contributed by atoms with Crippen molar-refractivity contribution in [2.45, 2.75) is 41.4 Å². The quantitative estimate of drug-likeness (QED) is 0.184. The summed E-state index contributed by atoms with van der Waals surface area (Å²) >= 11 is 1.90. The van der Waals surface area contributed by atoms with Crippen LogP contribution in [0.15, 0.2) is 168 Å². The Morgan fingerprint density at radius 1 is 0.429 bits per heavy atom. The Morgan fingerprint density at radius 2 is 0.939 bits per heavy atom. The first kappa shape index (κ1) is 28.7. The highest BCUT2D eigenvalue weighted by Crippen LogP contribution is 2.63. The Balaban J connectivity index is 1.25. The van der Waals surface area contributed by atoms with Crippen molar-refractivity contribution in [2.24, 2.45) is 0 Å². The summed E-state index contributed by atoms with van der Waals surface area (Å²) in [5, 5.41) is 0. The summed E-state index contributed by atoms with van der Waals surface area (Å²) in [4.78, 5) is 5.11. The average molecular weight is 646 g/mol. The predicted octanol–water partition coefficient (Wildman–Crippen LogP) is 12.6. The maximum atomic E-state index is 2.51. The maximum absolute atomic E-state index is 2.51. The molecular weight excluding hydrogens is 611 g/mol. The zero-order valence-electron chi connectivity index (χ0n) is 27.9. The monoisotopic (exact) mass is 645 g/mol. The third-order valence-corrected chi connectivity index (χ3v) is 12.4. The minimum absolute atomic E-state index is 0.0492. The van der Waals surface area contributed by atoms with Crippen LogP contribution in [-0.4, -0.2) is 0 Å². The number of anilines is 3. The summed E-state index contributed by atoms with van der Waals surface area (Å²) in [5.41, 5.74) is 17.8. The van der Waals surface area contributed by atoms with Crippen molar-refractivity contribution >= 4 is 28.8 Å². The molecule has 3 aliphatic rings. The Kier molecular flexibility index (Phi) is 6.05. The fraction of sp³-hybridized carbons (Fsp3) is 0.106. The molecule has 0 saturated carbocycles. The molecule has 1 nitrogen and oxygen atoms in total. The number of benzene rings is 7. The van der Waals surface area contributed by atoms with Crippen LogP contribution < -0.4 is 4.90 Å². The molecule has 0 atom stereocenters. The van der Waals surface area contributed by atoms with Crippen molar-refractivity contribution in [3.8, 4) is 22.3 Å². The fourth-order valence-electron chi connectivity index (χ4n) is 9.00. The predicted molar refractivity (Wildman–Crippen MR) is 205 cm³/mol. The highest BCUT2D eigenvalue weighted by molar-refractivity contribution is 7.99. The molecule has 0 fully saturated rings. The number of nitrogens with zero attached hydrogens (tertiary/aromatic N) is 1. The summed E-state index contributed by atoms with van der Waals surface area (Å²) in [7, 11) is 0. The third-order valence-electron chi connectivity index (χ3n) is 11.3. The molecule has 0 bridgehead atoms. The number of fused-ring (bicyclic) bond motifs is 11. The van der Waals surface area contributed by atoms with Crippen LogP contribution in [0.4, 0.5) is 17.1 Å². The molecule has 1 spiro atoms. The van der Waals surface area contributed by atoms with Crippen LogP contribution in [-0.2, 0) is 10.8 Å². The molecular formula is C47H35NS. The van der Waals surface area contributed by atoms with Gasteiger partial charge in [-0.25, -0.2) is 0 Å². The molecule has 49 heavy (non-hydrogen) atoms. The van der Waals surface area contributed by atoms with E-state index in [4.69, 9.17) is 0 Å². The van der Waals surface area contributed by atoms with E-state index < -0.39 is 5.41 Å². The smallest absolute Gasteiger partial charge is 0.0764 e. The van der Waals surface area contributed by atoms with Crippen LogP contribution in [0.2, 0.25) is 0 Å². The second-order valence-electron chi connectivity index (χ2n) is 14.1. The summed E-state index contributed by atoms with van der Waals surface area (Å²) in [6, 6.07) is 59.3. The van der Waals surface area contributed by atoms with Crippen molar-refractivity contribution in [1.29, 1.82) is 0 Å². The Morgan fingerprint density at radius 3 is 1.65 bits per heavy atom. The third kappa shape index (κ3) is 3.84. The fourth-order valence-corrected chi connectivity index (χ4v) is 10.2. The highest BCUT2D eigenvalue weighted by atomic mass is 32.2. The molecule has 234 valence electrons. The number of hydrogen-bond donors (Lipinski definition) is 0. The minimum Gasteiger partial charge on any atom is -0.310 e. The van der Waals surface area contributed by atoms with Crippen LogP contribution in [0.1, 0.15) is 52.8 Å². The standard InChI is InChI=1S/C47H35NS/c1-30-14-4-10-20-41(30)48-42-21-11-7-17-36(42)47(37-18-8-12-22-43(37)48)38-19-9-13-23-44(38)49-45-27-25-32(29-40(45)47)31-24-26-34-33-15-5-6-16-35(33)46(2,3)39(34)28-31/h4-29H,1-3H3. The van der Waals surface area contributed by atoms with Crippen LogP contribution in [0.25, 0.3) is 22.3 Å². The van der Waals surface area contributed by atoms with E-state index in [1.807, 2.05) is 11.8 Å². The van der Waals surface area contributed by atoms with Gasteiger partial charge in [-0.2, -0.15) is 0 Å². The number of hydrogen-bond acceptors (Lipinski definition) is 2. The summed E-state index contributed by atoms with van der Waals surface area (Å²) < 4.78 is 0. The van der Waals surface area contributed by atoms with E-state index in [1.54, 1.807) is 0 Å². The molecule has 7 aromatic rings. The van der Waals surface area contributed by atoms with E-state index >= 15 is 0 Å². The van der Waals surface area contributed by atoms with Crippen molar-refractivity contribution in [3.05, 3.63) is 197 Å². The van der Waals surface area contributed by atoms with E-state index in [0.717, 1.165) is 0 Å². The van der Waals surface area contributed by atoms with Crippen molar-refractivity contribution in [3.63, 3.8) is 0 Å². The molecule has 0 radical (unpaired) electrons. The lowest BCUT2D eigenvalue weighted by Crippen LogP contribution is -2.39. The molecule has 7 aromatic carbocycles. The van der Waals surface area contributed by atoms with E-state index in [-0.39, 0.29) is 5.41 Å². The van der Waals surface area contributed by atoms with Crippen LogP contribution in [0.3, 0.4) is 0 Å². The highest BCUT2D eigenvalue weighted by Gasteiger charge is 2.50. The summed E-state index contributed by atoms with van der Waals surface area (Å²) in [6.07, 6.45) is 0. The van der Waals surface area contributed by atoms with Gasteiger partial charge in [-0.1, -0.05) is 141 Å². The van der Waals surface area contributed by atoms with Gasteiger partial charge < -0.3 is 4.90 Å². The van der Waals surface area contributed by atoms with Gasteiger partial charge in [0.15, 0.2) is 0 Å². The zero-order valence-corrected chi connectivity index (χ0v) is 28.7. The Hall–Kier alpha value is -5.31. The number of aryl methyl sites for hydroxylation is 1. The van der Waals surface area contributed by atoms with Gasteiger partial charge in [-0.15, -0.1) is 0 Å². The molecule has 0 amide bonds. The molecule has 0 unspecified atom stereocenters. The van der Waals surface area contributed by atoms with Crippen molar-refractivity contribution in [2.75, 3.05) is 4.90 Å². The van der Waals surface area contributed by atoms with Gasteiger partial charge in [-0.05, 0) is 111 Å². The van der Waals surface area contributed by atoms with Crippen molar-refractivity contribution in [1.82, 2.24) is 0 Å². The molecule has 10 rings (SSSR count). The molecule has 2 heteroatoms. The SMILES string of the molecule is Cc1ccccc1N1c2ccccc2C2(c3ccccc3Sc3ccc(-c4ccc5c(c4)C(C)(C)c4ccccc4-5)cc32)c2ccccc21. The van der Waals surface area contributed by atoms with Crippen LogP contribution >= 0.6 is 11.8 Å². The van der Waals surface area contributed by atoms with Gasteiger partial charge in [0.2, 0.25) is 0 Å².